The number of nitrogens with one attached hydrogen (secondary N) is 1. The van der Waals surface area contributed by atoms with Gasteiger partial charge in [-0.15, -0.1) is 5.10 Å². The molecule has 0 radical (unpaired) electrons. The zero-order valence-electron chi connectivity index (χ0n) is 28.4. The van der Waals surface area contributed by atoms with Gasteiger partial charge in [-0.3, -0.25) is 19.2 Å². The predicted molar refractivity (Wildman–Crippen MR) is 175 cm³/mol. The number of hydrogen-bond donors (Lipinski definition) is 2. The second kappa shape index (κ2) is 15.4. The molecule has 0 aliphatic carbocycles. The molecule has 254 valence electrons. The molecular weight excluding hydrogens is 588 g/mol. The van der Waals surface area contributed by atoms with Gasteiger partial charge in [0, 0.05) is 43.4 Å². The molecule has 4 rings (SSSR count). The molecule has 0 unspecified atom stereocenters. The second-order valence-electron chi connectivity index (χ2n) is 13.5. The third kappa shape index (κ3) is 8.44. The number of aryl methyl sites for hydroxylation is 1. The highest BCUT2D eigenvalue weighted by molar-refractivity contribution is 5.99. The summed E-state index contributed by atoms with van der Waals surface area (Å²) < 4.78 is 19.6. The minimum absolute atomic E-state index is 0.153. The van der Waals surface area contributed by atoms with E-state index in [-0.39, 0.29) is 29.7 Å². The number of carbonyl (C=O) groups excluding carboxylic acids is 3. The van der Waals surface area contributed by atoms with Crippen molar-refractivity contribution in [2.24, 2.45) is 17.8 Å². The number of ketones is 1. The van der Waals surface area contributed by atoms with Crippen LogP contribution in [0.3, 0.4) is 0 Å². The van der Waals surface area contributed by atoms with Crippen LogP contribution >= 0.6 is 0 Å². The lowest BCUT2D eigenvalue weighted by molar-refractivity contribution is -0.162. The summed E-state index contributed by atoms with van der Waals surface area (Å²) in [6.07, 6.45) is 3.25. The molecule has 1 aromatic heterocycles. The summed E-state index contributed by atoms with van der Waals surface area (Å²) >= 11 is 0. The maximum absolute atomic E-state index is 13.3. The molecule has 3 N–H and O–H groups in total. The van der Waals surface area contributed by atoms with Crippen molar-refractivity contribution < 1.29 is 28.6 Å². The standard InChI is InChI=1S/C34H52N6O6/c1-8-28-31-29(24(5)36-19-21(2)17-34(6,44-7)18-22(3)30(41)23(4)32(42)45-28)40(33(43)46-31)15-10-9-14-39-20-27(37-38-39)25-12-11-13-26(35)16-25/h11-13,16,20-24,28-29,31,36H,8-10,14-15,17-19,35H2,1-7H3/t21-,22-,23-,24-,28-,29-,31-,34-/m1/s1. The van der Waals surface area contributed by atoms with E-state index in [1.807, 2.05) is 58.2 Å². The summed E-state index contributed by atoms with van der Waals surface area (Å²) in [4.78, 5) is 41.7. The average Bonchev–Trinajstić information content (AvgIpc) is 3.63. The minimum Gasteiger partial charge on any atom is -0.458 e. The molecule has 0 bridgehead atoms. The normalized spacial score (nSPS) is 31.5. The molecule has 12 nitrogen and oxygen atoms in total. The summed E-state index contributed by atoms with van der Waals surface area (Å²) in [5, 5.41) is 12.2. The van der Waals surface area contributed by atoms with Gasteiger partial charge in [-0.2, -0.15) is 0 Å². The number of nitrogen functional groups attached to an aromatic ring is 1. The predicted octanol–water partition coefficient (Wildman–Crippen LogP) is 4.47. The van der Waals surface area contributed by atoms with Crippen molar-refractivity contribution in [2.75, 3.05) is 25.9 Å². The Labute approximate surface area is 272 Å². The summed E-state index contributed by atoms with van der Waals surface area (Å²) in [5.41, 5.74) is 7.71. The zero-order valence-corrected chi connectivity index (χ0v) is 28.4. The SMILES string of the molecule is CC[C@H]1OC(=O)[C@H](C)C(=O)[C@H](C)C[C@](C)(OC)C[C@@H](C)CN[C@H](C)[C@@H]2[C@@H]1OC(=O)N2CCCCn1cc(-c2cccc(N)c2)nn1. The largest absolute Gasteiger partial charge is 0.458 e. The van der Waals surface area contributed by atoms with Crippen LogP contribution in [-0.2, 0) is 30.3 Å². The zero-order chi connectivity index (χ0) is 33.6. The minimum atomic E-state index is -0.938. The first-order valence-electron chi connectivity index (χ1n) is 16.6. The topological polar surface area (TPSA) is 151 Å². The third-order valence-electron chi connectivity index (χ3n) is 9.54. The number of Topliss-reactive ketones (excluding diaryl/α,β-unsaturated/α-hetero) is 1. The molecule has 2 aliphatic rings. The van der Waals surface area contributed by atoms with Gasteiger partial charge >= 0.3 is 12.1 Å². The number of benzene rings is 1. The van der Waals surface area contributed by atoms with Crippen LogP contribution in [0.5, 0.6) is 0 Å². The van der Waals surface area contributed by atoms with Crippen LogP contribution in [0.2, 0.25) is 0 Å². The Bertz CT molecular complexity index is 1350. The first kappa shape index (κ1) is 35.3. The van der Waals surface area contributed by atoms with Crippen LogP contribution in [0.4, 0.5) is 10.5 Å². The molecule has 2 aromatic rings. The highest BCUT2D eigenvalue weighted by atomic mass is 16.6. The maximum atomic E-state index is 13.3. The van der Waals surface area contributed by atoms with Gasteiger partial charge in [0.05, 0.1) is 17.8 Å². The first-order valence-corrected chi connectivity index (χ1v) is 16.6. The van der Waals surface area contributed by atoms with Gasteiger partial charge in [-0.05, 0) is 77.5 Å². The number of esters is 1. The van der Waals surface area contributed by atoms with Gasteiger partial charge in [0.2, 0.25) is 0 Å². The van der Waals surface area contributed by atoms with E-state index < -0.39 is 35.8 Å². The fourth-order valence-corrected chi connectivity index (χ4v) is 6.93. The Balaban J connectivity index is 1.48. The molecule has 0 saturated carbocycles. The van der Waals surface area contributed by atoms with Crippen molar-refractivity contribution >= 4 is 23.5 Å². The molecule has 2 saturated heterocycles. The van der Waals surface area contributed by atoms with E-state index >= 15 is 0 Å². The molecule has 8 atom stereocenters. The van der Waals surface area contributed by atoms with E-state index in [2.05, 4.69) is 22.6 Å². The van der Waals surface area contributed by atoms with Crippen molar-refractivity contribution in [3.63, 3.8) is 0 Å². The lowest BCUT2D eigenvalue weighted by Gasteiger charge is -2.35. The molecule has 2 fully saturated rings. The highest BCUT2D eigenvalue weighted by Crippen LogP contribution is 2.32. The van der Waals surface area contributed by atoms with E-state index in [1.165, 1.54) is 0 Å². The van der Waals surface area contributed by atoms with E-state index in [4.69, 9.17) is 19.9 Å². The van der Waals surface area contributed by atoms with Crippen LogP contribution in [0.15, 0.2) is 30.5 Å². The number of fused-ring (bicyclic) bond motifs is 1. The number of ether oxygens (including phenoxy) is 3. The molecule has 1 aromatic carbocycles. The lowest BCUT2D eigenvalue weighted by Crippen LogP contribution is -2.54. The molecule has 12 heteroatoms. The molecule has 1 amide bonds. The van der Waals surface area contributed by atoms with Crippen LogP contribution in [-0.4, -0.2) is 87.8 Å². The number of cyclic esters (lactones) is 1. The van der Waals surface area contributed by atoms with Crippen molar-refractivity contribution in [1.82, 2.24) is 25.2 Å². The van der Waals surface area contributed by atoms with E-state index in [0.717, 1.165) is 24.1 Å². The number of nitrogens with zero attached hydrogens (tertiary/aromatic N) is 4. The average molecular weight is 641 g/mol. The maximum Gasteiger partial charge on any atom is 0.410 e. The summed E-state index contributed by atoms with van der Waals surface area (Å²) in [6, 6.07) is 7.00. The van der Waals surface area contributed by atoms with E-state index in [9.17, 15) is 14.4 Å². The fraction of sp³-hybridized carbons (Fsp3) is 0.676. The summed E-state index contributed by atoms with van der Waals surface area (Å²) in [6.45, 7) is 13.3. The van der Waals surface area contributed by atoms with Crippen LogP contribution in [0.1, 0.15) is 73.6 Å². The van der Waals surface area contributed by atoms with Crippen LogP contribution in [0.25, 0.3) is 11.3 Å². The molecule has 2 aliphatic heterocycles. The quantitative estimate of drug-likeness (QED) is 0.183. The lowest BCUT2D eigenvalue weighted by atomic mass is 9.81. The summed E-state index contributed by atoms with van der Waals surface area (Å²) in [5.74, 6) is -1.87. The molecule has 46 heavy (non-hydrogen) atoms. The van der Waals surface area contributed by atoms with Crippen molar-refractivity contribution in [3.05, 3.63) is 30.5 Å². The van der Waals surface area contributed by atoms with Gasteiger partial charge in [-0.25, -0.2) is 4.79 Å². The Hall–Kier alpha value is -3.51. The number of anilines is 1. The van der Waals surface area contributed by atoms with Crippen molar-refractivity contribution in [3.8, 4) is 11.3 Å². The van der Waals surface area contributed by atoms with Crippen molar-refractivity contribution in [2.45, 2.75) is 110 Å². The molecule has 3 heterocycles. The Morgan fingerprint density at radius 1 is 1.09 bits per heavy atom. The molecule has 0 spiro atoms. The molecular formula is C34H52N6O6. The smallest absolute Gasteiger partial charge is 0.410 e. The third-order valence-corrected chi connectivity index (χ3v) is 9.54. The van der Waals surface area contributed by atoms with Gasteiger partial charge in [0.15, 0.2) is 6.10 Å². The van der Waals surface area contributed by atoms with Gasteiger partial charge in [0.25, 0.3) is 0 Å². The number of hydrogen-bond acceptors (Lipinski definition) is 10. The van der Waals surface area contributed by atoms with Crippen LogP contribution in [0, 0.1) is 17.8 Å². The first-order chi connectivity index (χ1) is 21.9. The van der Waals surface area contributed by atoms with Gasteiger partial charge in [-0.1, -0.05) is 38.1 Å². The number of carbonyl (C=O) groups is 3. The second-order valence-corrected chi connectivity index (χ2v) is 13.5. The Morgan fingerprint density at radius 3 is 2.52 bits per heavy atom. The van der Waals surface area contributed by atoms with Gasteiger partial charge < -0.3 is 25.3 Å². The summed E-state index contributed by atoms with van der Waals surface area (Å²) in [7, 11) is 1.67. The Kier molecular flexibility index (Phi) is 11.8. The number of rotatable bonds is 8. The van der Waals surface area contributed by atoms with Crippen LogP contribution < -0.4 is 11.1 Å². The van der Waals surface area contributed by atoms with E-state index in [1.54, 1.807) is 23.6 Å². The Morgan fingerprint density at radius 2 is 1.83 bits per heavy atom. The number of methoxy groups -OCH3 is 1. The van der Waals surface area contributed by atoms with E-state index in [0.29, 0.717) is 44.6 Å². The number of unbranched alkanes of at least 4 members (excludes halogenated alkanes) is 1. The van der Waals surface area contributed by atoms with Gasteiger partial charge in [0.1, 0.15) is 23.5 Å². The number of amides is 1. The fourth-order valence-electron chi connectivity index (χ4n) is 6.93. The number of aromatic nitrogens is 3. The monoisotopic (exact) mass is 640 g/mol. The van der Waals surface area contributed by atoms with Crippen molar-refractivity contribution in [1.29, 1.82) is 0 Å². The number of nitrogens with two attached hydrogens (primary N) is 1. The highest BCUT2D eigenvalue weighted by Gasteiger charge is 2.49.